The predicted octanol–water partition coefficient (Wildman–Crippen LogP) is 1.22. The fourth-order valence-electron chi connectivity index (χ4n) is 1.61. The van der Waals surface area contributed by atoms with Crippen LogP contribution in [0.4, 0.5) is 0 Å². The Labute approximate surface area is 86.4 Å². The fraction of sp³-hybridized carbons (Fsp3) is 0.182. The van der Waals surface area contributed by atoms with E-state index in [1.54, 1.807) is 30.3 Å². The van der Waals surface area contributed by atoms with Crippen LogP contribution in [-0.4, -0.2) is 22.0 Å². The van der Waals surface area contributed by atoms with Crippen molar-refractivity contribution in [2.75, 3.05) is 0 Å². The number of aliphatic hydroxyl groups excluding tert-OH is 1. The minimum atomic E-state index is -1.76. The third-order valence-corrected chi connectivity index (χ3v) is 2.25. The molecule has 0 aromatic heterocycles. The highest BCUT2D eigenvalue weighted by molar-refractivity contribution is 6.01. The minimum absolute atomic E-state index is 0.105. The predicted molar refractivity (Wildman–Crippen MR) is 52.7 cm³/mol. The number of benzene rings is 1. The van der Waals surface area contributed by atoms with E-state index in [1.165, 1.54) is 6.92 Å². The van der Waals surface area contributed by atoms with Crippen molar-refractivity contribution in [2.45, 2.75) is 12.7 Å². The highest BCUT2D eigenvalue weighted by Gasteiger charge is 2.43. The van der Waals surface area contributed by atoms with Gasteiger partial charge in [-0.05, 0) is 5.56 Å². The van der Waals surface area contributed by atoms with Crippen molar-refractivity contribution in [3.8, 4) is 0 Å². The molecule has 1 aliphatic heterocycles. The number of aliphatic hydroxyl groups is 2. The van der Waals surface area contributed by atoms with Crippen LogP contribution in [0.15, 0.2) is 36.1 Å². The van der Waals surface area contributed by atoms with Gasteiger partial charge in [0.25, 0.3) is 0 Å². The summed E-state index contributed by atoms with van der Waals surface area (Å²) in [5.41, 5.74) is 0.666. The van der Waals surface area contributed by atoms with E-state index in [-0.39, 0.29) is 5.57 Å². The normalized spacial score (nSPS) is 25.6. The molecule has 0 spiro atoms. The highest BCUT2D eigenvalue weighted by atomic mass is 16.7. The van der Waals surface area contributed by atoms with Crippen LogP contribution in [0.2, 0.25) is 0 Å². The van der Waals surface area contributed by atoms with Crippen LogP contribution >= 0.6 is 0 Å². The molecule has 0 amide bonds. The Morgan fingerprint density at radius 3 is 2.33 bits per heavy atom. The first-order valence-electron chi connectivity index (χ1n) is 4.47. The molecule has 1 aromatic rings. The number of hydrogen-bond donors (Lipinski definition) is 2. The number of hydrogen-bond acceptors (Lipinski definition) is 4. The first kappa shape index (κ1) is 9.73. The summed E-state index contributed by atoms with van der Waals surface area (Å²) in [4.78, 5) is 11.1. The topological polar surface area (TPSA) is 66.8 Å². The summed E-state index contributed by atoms with van der Waals surface area (Å²) >= 11 is 0. The average molecular weight is 206 g/mol. The zero-order valence-electron chi connectivity index (χ0n) is 8.10. The molecule has 15 heavy (non-hydrogen) atoms. The summed E-state index contributed by atoms with van der Waals surface area (Å²) < 4.78 is 4.62. The van der Waals surface area contributed by atoms with Crippen LogP contribution in [0.1, 0.15) is 12.5 Å². The van der Waals surface area contributed by atoms with Gasteiger partial charge in [-0.25, -0.2) is 4.79 Å². The molecule has 0 saturated heterocycles. The van der Waals surface area contributed by atoms with Crippen LogP contribution in [0.5, 0.6) is 0 Å². The van der Waals surface area contributed by atoms with Gasteiger partial charge in [0.2, 0.25) is 11.5 Å². The van der Waals surface area contributed by atoms with Gasteiger partial charge in [0.1, 0.15) is 0 Å². The van der Waals surface area contributed by atoms with E-state index >= 15 is 0 Å². The van der Waals surface area contributed by atoms with Gasteiger partial charge < -0.3 is 14.9 Å². The molecule has 0 fully saturated rings. The lowest BCUT2D eigenvalue weighted by molar-refractivity contribution is -0.172. The number of esters is 1. The van der Waals surface area contributed by atoms with Crippen molar-refractivity contribution in [1.82, 2.24) is 0 Å². The highest BCUT2D eigenvalue weighted by Crippen LogP contribution is 2.36. The quantitative estimate of drug-likeness (QED) is 0.678. The number of carbonyl (C=O) groups is 1. The van der Waals surface area contributed by atoms with E-state index in [0.717, 1.165) is 0 Å². The van der Waals surface area contributed by atoms with Gasteiger partial charge in [0.15, 0.2) is 0 Å². The standard InChI is InChI=1S/C11H10O4/c1-11(14)8(9(12)10(13)15-11)7-5-3-2-4-6-7/h2-6,12,14H,1H3. The Morgan fingerprint density at radius 2 is 1.87 bits per heavy atom. The summed E-state index contributed by atoms with van der Waals surface area (Å²) in [7, 11) is 0. The SMILES string of the molecule is CC1(O)OC(=O)C(O)=C1c1ccccc1. The maximum Gasteiger partial charge on any atom is 0.376 e. The first-order valence-corrected chi connectivity index (χ1v) is 4.47. The van der Waals surface area contributed by atoms with Gasteiger partial charge in [-0.15, -0.1) is 0 Å². The maximum absolute atomic E-state index is 11.1. The summed E-state index contributed by atoms with van der Waals surface area (Å²) in [6, 6.07) is 8.65. The fourth-order valence-corrected chi connectivity index (χ4v) is 1.61. The smallest absolute Gasteiger partial charge is 0.376 e. The van der Waals surface area contributed by atoms with E-state index < -0.39 is 17.5 Å². The molecule has 2 rings (SSSR count). The zero-order valence-corrected chi connectivity index (χ0v) is 8.10. The first-order chi connectivity index (χ1) is 7.02. The molecule has 1 aliphatic rings. The largest absolute Gasteiger partial charge is 0.501 e. The number of rotatable bonds is 1. The van der Waals surface area contributed by atoms with Crippen LogP contribution in [0, 0.1) is 0 Å². The second-order valence-electron chi connectivity index (χ2n) is 3.46. The van der Waals surface area contributed by atoms with E-state index in [1.807, 2.05) is 0 Å². The summed E-state index contributed by atoms with van der Waals surface area (Å²) in [5.74, 6) is -3.20. The van der Waals surface area contributed by atoms with Gasteiger partial charge >= 0.3 is 5.97 Å². The molecular formula is C11H10O4. The molecule has 1 atom stereocenters. The monoisotopic (exact) mass is 206 g/mol. The number of ether oxygens (including phenoxy) is 1. The molecule has 2 N–H and O–H groups in total. The van der Waals surface area contributed by atoms with E-state index in [2.05, 4.69) is 4.74 Å². The van der Waals surface area contributed by atoms with Crippen molar-refractivity contribution in [2.24, 2.45) is 0 Å². The number of cyclic esters (lactones) is 1. The maximum atomic E-state index is 11.1. The minimum Gasteiger partial charge on any atom is -0.501 e. The number of carbonyl (C=O) groups excluding carboxylic acids is 1. The second-order valence-corrected chi connectivity index (χ2v) is 3.46. The molecule has 0 aliphatic carbocycles. The molecule has 1 heterocycles. The molecule has 4 nitrogen and oxygen atoms in total. The lowest BCUT2D eigenvalue weighted by Crippen LogP contribution is -2.26. The van der Waals surface area contributed by atoms with Crippen molar-refractivity contribution in [1.29, 1.82) is 0 Å². The molecule has 0 bridgehead atoms. The van der Waals surface area contributed by atoms with Gasteiger partial charge in [-0.2, -0.15) is 0 Å². The van der Waals surface area contributed by atoms with Gasteiger partial charge in [0.05, 0.1) is 5.57 Å². The summed E-state index contributed by atoms with van der Waals surface area (Å²) in [5, 5.41) is 19.3. The molecule has 4 heteroatoms. The zero-order chi connectivity index (χ0) is 11.1. The van der Waals surface area contributed by atoms with Crippen molar-refractivity contribution in [3.05, 3.63) is 41.7 Å². The molecule has 1 unspecified atom stereocenters. The van der Waals surface area contributed by atoms with E-state index in [9.17, 15) is 15.0 Å². The third-order valence-electron chi connectivity index (χ3n) is 2.25. The Kier molecular flexibility index (Phi) is 2.01. The molecule has 0 radical (unpaired) electrons. The second kappa shape index (κ2) is 3.10. The van der Waals surface area contributed by atoms with E-state index in [0.29, 0.717) is 5.56 Å². The Balaban J connectivity index is 2.57. The molecule has 0 saturated carbocycles. The van der Waals surface area contributed by atoms with Gasteiger partial charge in [-0.3, -0.25) is 0 Å². The van der Waals surface area contributed by atoms with Gasteiger partial charge in [-0.1, -0.05) is 30.3 Å². The lowest BCUT2D eigenvalue weighted by Gasteiger charge is -2.18. The van der Waals surface area contributed by atoms with Crippen LogP contribution in [-0.2, 0) is 9.53 Å². The van der Waals surface area contributed by atoms with Crippen molar-refractivity contribution in [3.63, 3.8) is 0 Å². The lowest BCUT2D eigenvalue weighted by atomic mass is 9.99. The van der Waals surface area contributed by atoms with Gasteiger partial charge in [0, 0.05) is 6.92 Å². The summed E-state index contributed by atoms with van der Waals surface area (Å²) in [6.07, 6.45) is 0. The van der Waals surface area contributed by atoms with Crippen molar-refractivity contribution >= 4 is 11.5 Å². The molecule has 1 aromatic carbocycles. The van der Waals surface area contributed by atoms with Crippen molar-refractivity contribution < 1.29 is 19.7 Å². The van der Waals surface area contributed by atoms with Crippen LogP contribution in [0.3, 0.4) is 0 Å². The van der Waals surface area contributed by atoms with Crippen LogP contribution < -0.4 is 0 Å². The van der Waals surface area contributed by atoms with Crippen LogP contribution in [0.25, 0.3) is 5.57 Å². The Morgan fingerprint density at radius 1 is 1.27 bits per heavy atom. The average Bonchev–Trinajstić information content (AvgIpc) is 2.37. The Hall–Kier alpha value is -1.81. The Bertz CT molecular complexity index is 431. The molecular weight excluding hydrogens is 196 g/mol. The molecule has 78 valence electrons. The third kappa shape index (κ3) is 1.49. The van der Waals surface area contributed by atoms with E-state index in [4.69, 9.17) is 0 Å². The summed E-state index contributed by atoms with van der Waals surface area (Å²) in [6.45, 7) is 1.32.